The van der Waals surface area contributed by atoms with Crippen molar-refractivity contribution in [1.29, 1.82) is 0 Å². The van der Waals surface area contributed by atoms with Crippen LogP contribution in [0.3, 0.4) is 0 Å². The van der Waals surface area contributed by atoms with Crippen LogP contribution in [-0.4, -0.2) is 41.1 Å². The lowest BCUT2D eigenvalue weighted by Crippen LogP contribution is -2.35. The van der Waals surface area contributed by atoms with Gasteiger partial charge in [0.15, 0.2) is 0 Å². The zero-order chi connectivity index (χ0) is 19.0. The molecular formula is C17H22F3NO4. The zero-order valence-electron chi connectivity index (χ0n) is 14.2. The Labute approximate surface area is 144 Å². The fraction of sp³-hybridized carbons (Fsp3) is 0.529. The second-order valence-electron chi connectivity index (χ2n) is 5.86. The number of nitrogens with zero attached hydrogens (tertiary/aromatic N) is 1. The number of benzene rings is 1. The molecule has 0 spiro atoms. The van der Waals surface area contributed by atoms with Gasteiger partial charge in [0.25, 0.3) is 0 Å². The highest BCUT2D eigenvalue weighted by molar-refractivity contribution is 5.81. The van der Waals surface area contributed by atoms with Gasteiger partial charge in [-0.1, -0.05) is 12.1 Å². The van der Waals surface area contributed by atoms with Crippen molar-refractivity contribution in [3.63, 3.8) is 0 Å². The Morgan fingerprint density at radius 2 is 1.80 bits per heavy atom. The molecule has 0 aliphatic heterocycles. The van der Waals surface area contributed by atoms with Crippen molar-refractivity contribution < 1.29 is 32.6 Å². The van der Waals surface area contributed by atoms with E-state index >= 15 is 0 Å². The normalized spacial score (nSPS) is 11.6. The van der Waals surface area contributed by atoms with E-state index in [9.17, 15) is 22.8 Å². The SMILES string of the molecule is CC(C)OCCCC(=O)N(CC(=O)O)Cc1ccc(C(F)(F)F)cc1. The van der Waals surface area contributed by atoms with E-state index in [1.165, 1.54) is 12.1 Å². The highest BCUT2D eigenvalue weighted by atomic mass is 19.4. The number of amides is 1. The Morgan fingerprint density at radius 3 is 2.28 bits per heavy atom. The summed E-state index contributed by atoms with van der Waals surface area (Å²) in [5.74, 6) is -1.56. The van der Waals surface area contributed by atoms with Gasteiger partial charge < -0.3 is 14.7 Å². The minimum absolute atomic E-state index is 0.0392. The molecule has 140 valence electrons. The van der Waals surface area contributed by atoms with Gasteiger partial charge in [-0.2, -0.15) is 13.2 Å². The molecule has 1 rings (SSSR count). The topological polar surface area (TPSA) is 66.8 Å². The lowest BCUT2D eigenvalue weighted by atomic mass is 10.1. The predicted octanol–water partition coefficient (Wildman–Crippen LogP) is 3.32. The van der Waals surface area contributed by atoms with Gasteiger partial charge in [0.2, 0.25) is 5.91 Å². The summed E-state index contributed by atoms with van der Waals surface area (Å²) in [6, 6.07) is 4.31. The van der Waals surface area contributed by atoms with Gasteiger partial charge in [0, 0.05) is 19.6 Å². The number of carboxylic acids is 1. The number of carbonyl (C=O) groups is 2. The van der Waals surface area contributed by atoms with Crippen molar-refractivity contribution in [3.05, 3.63) is 35.4 Å². The van der Waals surface area contributed by atoms with Crippen LogP contribution in [0.1, 0.15) is 37.8 Å². The Hall–Kier alpha value is -2.09. The lowest BCUT2D eigenvalue weighted by Gasteiger charge is -2.21. The third-order valence-electron chi connectivity index (χ3n) is 3.32. The zero-order valence-corrected chi connectivity index (χ0v) is 14.2. The van der Waals surface area contributed by atoms with Crippen LogP contribution < -0.4 is 0 Å². The third kappa shape index (κ3) is 8.02. The summed E-state index contributed by atoms with van der Waals surface area (Å²) in [7, 11) is 0. The monoisotopic (exact) mass is 361 g/mol. The highest BCUT2D eigenvalue weighted by Crippen LogP contribution is 2.29. The maximum Gasteiger partial charge on any atom is 0.416 e. The van der Waals surface area contributed by atoms with Crippen molar-refractivity contribution in [2.75, 3.05) is 13.2 Å². The van der Waals surface area contributed by atoms with Gasteiger partial charge >= 0.3 is 12.1 Å². The molecular weight excluding hydrogens is 339 g/mol. The molecule has 5 nitrogen and oxygen atoms in total. The number of ether oxygens (including phenoxy) is 1. The Bertz CT molecular complexity index is 570. The second kappa shape index (κ2) is 9.41. The molecule has 0 radical (unpaired) electrons. The van der Waals surface area contributed by atoms with E-state index in [1.807, 2.05) is 13.8 Å². The van der Waals surface area contributed by atoms with Crippen LogP contribution in [0.4, 0.5) is 13.2 Å². The average Bonchev–Trinajstić information content (AvgIpc) is 2.49. The van der Waals surface area contributed by atoms with Crippen LogP contribution >= 0.6 is 0 Å². The summed E-state index contributed by atoms with van der Waals surface area (Å²) < 4.78 is 43.0. The summed E-state index contributed by atoms with van der Waals surface area (Å²) in [6.45, 7) is 3.54. The molecule has 1 N–H and O–H groups in total. The number of hydrogen-bond donors (Lipinski definition) is 1. The molecule has 0 atom stereocenters. The molecule has 1 aromatic rings. The Balaban J connectivity index is 2.68. The smallest absolute Gasteiger partial charge is 0.416 e. The van der Waals surface area contributed by atoms with Gasteiger partial charge in [-0.3, -0.25) is 9.59 Å². The van der Waals surface area contributed by atoms with Crippen LogP contribution in [0, 0.1) is 0 Å². The molecule has 0 saturated carbocycles. The highest BCUT2D eigenvalue weighted by Gasteiger charge is 2.30. The van der Waals surface area contributed by atoms with E-state index in [2.05, 4.69) is 0 Å². The maximum absolute atomic E-state index is 12.6. The van der Waals surface area contributed by atoms with Crippen molar-refractivity contribution in [2.24, 2.45) is 0 Å². The molecule has 0 unspecified atom stereocenters. The summed E-state index contributed by atoms with van der Waals surface area (Å²) in [5.41, 5.74) is -0.362. The van der Waals surface area contributed by atoms with Gasteiger partial charge in [0.1, 0.15) is 6.54 Å². The van der Waals surface area contributed by atoms with Gasteiger partial charge in [-0.25, -0.2) is 0 Å². The van der Waals surface area contributed by atoms with Crippen LogP contribution in [0.25, 0.3) is 0 Å². The van der Waals surface area contributed by atoms with Gasteiger partial charge in [-0.05, 0) is 38.0 Å². The first-order valence-corrected chi connectivity index (χ1v) is 7.87. The number of halogens is 3. The largest absolute Gasteiger partial charge is 0.480 e. The fourth-order valence-electron chi connectivity index (χ4n) is 2.12. The molecule has 0 bridgehead atoms. The van der Waals surface area contributed by atoms with Crippen LogP contribution in [-0.2, 0) is 27.0 Å². The van der Waals surface area contributed by atoms with Gasteiger partial charge in [0.05, 0.1) is 11.7 Å². The van der Waals surface area contributed by atoms with Gasteiger partial charge in [-0.15, -0.1) is 0 Å². The molecule has 1 aromatic carbocycles. The van der Waals surface area contributed by atoms with Crippen molar-refractivity contribution >= 4 is 11.9 Å². The first-order chi connectivity index (χ1) is 11.6. The van der Waals surface area contributed by atoms with Crippen LogP contribution in [0.5, 0.6) is 0 Å². The van der Waals surface area contributed by atoms with Crippen molar-refractivity contribution in [2.45, 2.75) is 45.5 Å². The lowest BCUT2D eigenvalue weighted by molar-refractivity contribution is -0.145. The van der Waals surface area contributed by atoms with Crippen molar-refractivity contribution in [1.82, 2.24) is 4.90 Å². The van der Waals surface area contributed by atoms with Crippen LogP contribution in [0.15, 0.2) is 24.3 Å². The summed E-state index contributed by atoms with van der Waals surface area (Å²) >= 11 is 0. The predicted molar refractivity (Wildman–Crippen MR) is 84.8 cm³/mol. The fourth-order valence-corrected chi connectivity index (χ4v) is 2.12. The van der Waals surface area contributed by atoms with E-state index in [4.69, 9.17) is 9.84 Å². The first kappa shape index (κ1) is 21.0. The number of carbonyl (C=O) groups excluding carboxylic acids is 1. The molecule has 8 heteroatoms. The summed E-state index contributed by atoms with van der Waals surface area (Å²) in [5, 5.41) is 8.94. The number of rotatable bonds is 9. The molecule has 0 saturated heterocycles. The van der Waals surface area contributed by atoms with Crippen molar-refractivity contribution in [3.8, 4) is 0 Å². The minimum Gasteiger partial charge on any atom is -0.480 e. The van der Waals surface area contributed by atoms with E-state index < -0.39 is 24.3 Å². The van der Waals surface area contributed by atoms with E-state index in [0.29, 0.717) is 18.6 Å². The van der Waals surface area contributed by atoms with E-state index in [0.717, 1.165) is 17.0 Å². The number of alkyl halides is 3. The molecule has 25 heavy (non-hydrogen) atoms. The number of hydrogen-bond acceptors (Lipinski definition) is 3. The third-order valence-corrected chi connectivity index (χ3v) is 3.32. The minimum atomic E-state index is -4.44. The molecule has 1 amide bonds. The Kier molecular flexibility index (Phi) is 7.89. The molecule has 0 aliphatic carbocycles. The standard InChI is InChI=1S/C17H22F3NO4/c1-12(2)25-9-3-4-15(22)21(11-16(23)24)10-13-5-7-14(8-6-13)17(18,19)20/h5-8,12H,3-4,9-11H2,1-2H3,(H,23,24). The molecule has 0 heterocycles. The van der Waals surface area contributed by atoms with E-state index in [1.54, 1.807) is 0 Å². The number of aliphatic carboxylic acids is 1. The quantitative estimate of drug-likeness (QED) is 0.685. The van der Waals surface area contributed by atoms with Crippen LogP contribution in [0.2, 0.25) is 0 Å². The maximum atomic E-state index is 12.6. The summed E-state index contributed by atoms with van der Waals surface area (Å²) in [6.07, 6.45) is -3.84. The second-order valence-corrected chi connectivity index (χ2v) is 5.86. The van der Waals surface area contributed by atoms with E-state index in [-0.39, 0.29) is 25.0 Å². The summed E-state index contributed by atoms with van der Waals surface area (Å²) in [4.78, 5) is 24.2. The molecule has 0 aromatic heterocycles. The average molecular weight is 361 g/mol. The molecule has 0 fully saturated rings. The Morgan fingerprint density at radius 1 is 1.20 bits per heavy atom. The molecule has 0 aliphatic rings. The number of carboxylic acid groups (broad SMARTS) is 1. The first-order valence-electron chi connectivity index (χ1n) is 7.87.